The van der Waals surface area contributed by atoms with Gasteiger partial charge in [-0.1, -0.05) is 12.1 Å². The predicted molar refractivity (Wildman–Crippen MR) is 93.2 cm³/mol. The van der Waals surface area contributed by atoms with Crippen LogP contribution in [0, 0.1) is 10.5 Å². The van der Waals surface area contributed by atoms with Crippen molar-refractivity contribution in [2.24, 2.45) is 0 Å². The Balaban J connectivity index is 1.92. The molecular weight excluding hydrogens is 391 g/mol. The van der Waals surface area contributed by atoms with Crippen LogP contribution in [0.4, 0.5) is 5.82 Å². The lowest BCUT2D eigenvalue weighted by Crippen LogP contribution is -2.15. The van der Waals surface area contributed by atoms with E-state index in [0.29, 0.717) is 17.2 Å². The minimum atomic E-state index is -0.171. The first-order valence-corrected chi connectivity index (χ1v) is 7.76. The van der Waals surface area contributed by atoms with E-state index in [1.165, 1.54) is 0 Å². The molecule has 1 amide bonds. The second kappa shape index (κ2) is 6.27. The molecule has 2 heterocycles. The number of rotatable bonds is 3. The Kier molecular flexibility index (Phi) is 4.19. The fourth-order valence-corrected chi connectivity index (χ4v) is 2.60. The van der Waals surface area contributed by atoms with Crippen molar-refractivity contribution in [2.45, 2.75) is 6.92 Å². The molecule has 3 rings (SSSR count). The van der Waals surface area contributed by atoms with Gasteiger partial charge in [0, 0.05) is 21.4 Å². The number of benzene rings is 1. The molecule has 0 spiro atoms. The van der Waals surface area contributed by atoms with Crippen molar-refractivity contribution >= 4 is 34.3 Å². The monoisotopic (exact) mass is 404 g/mol. The quantitative estimate of drug-likeness (QED) is 0.681. The number of nitrogens with zero attached hydrogens (tertiary/aromatic N) is 3. The van der Waals surface area contributed by atoms with Gasteiger partial charge in [0.15, 0.2) is 5.82 Å². The summed E-state index contributed by atoms with van der Waals surface area (Å²) in [7, 11) is 0. The Morgan fingerprint density at radius 3 is 2.77 bits per heavy atom. The number of hydrogen-bond acceptors (Lipinski definition) is 3. The average Bonchev–Trinajstić information content (AvgIpc) is 2.88. The summed E-state index contributed by atoms with van der Waals surface area (Å²) in [6, 6.07) is 14.8. The van der Waals surface area contributed by atoms with Gasteiger partial charge in [-0.2, -0.15) is 9.78 Å². The third-order valence-electron chi connectivity index (χ3n) is 3.03. The third kappa shape index (κ3) is 3.16. The maximum Gasteiger partial charge on any atom is 0.256 e. The zero-order chi connectivity index (χ0) is 15.5. The highest BCUT2D eigenvalue weighted by Crippen LogP contribution is 2.17. The minimum Gasteiger partial charge on any atom is -0.306 e. The lowest BCUT2D eigenvalue weighted by Gasteiger charge is -2.08. The Morgan fingerprint density at radius 1 is 1.18 bits per heavy atom. The number of amides is 1. The topological polar surface area (TPSA) is 59.8 Å². The zero-order valence-corrected chi connectivity index (χ0v) is 14.0. The molecule has 0 saturated heterocycles. The van der Waals surface area contributed by atoms with Gasteiger partial charge in [0.25, 0.3) is 5.91 Å². The molecule has 0 fully saturated rings. The first kappa shape index (κ1) is 14.7. The standard InChI is InChI=1S/C16H13IN4O/c1-11-9-15(21(20-11)14-7-2-3-8-18-14)19-16(22)12-5-4-6-13(17)10-12/h2-10H,1H3,(H,19,22). The lowest BCUT2D eigenvalue weighted by atomic mass is 10.2. The van der Waals surface area contributed by atoms with Crippen molar-refractivity contribution in [1.82, 2.24) is 14.8 Å². The molecule has 6 heteroatoms. The van der Waals surface area contributed by atoms with Crippen molar-refractivity contribution < 1.29 is 4.79 Å². The van der Waals surface area contributed by atoms with E-state index < -0.39 is 0 Å². The molecule has 0 unspecified atom stereocenters. The Bertz CT molecular complexity index is 814. The van der Waals surface area contributed by atoms with E-state index in [-0.39, 0.29) is 5.91 Å². The largest absolute Gasteiger partial charge is 0.306 e. The summed E-state index contributed by atoms with van der Waals surface area (Å²) in [4.78, 5) is 16.6. The van der Waals surface area contributed by atoms with Crippen molar-refractivity contribution in [2.75, 3.05) is 5.32 Å². The molecule has 0 aliphatic carbocycles. The molecule has 2 aromatic heterocycles. The number of hydrogen-bond donors (Lipinski definition) is 1. The van der Waals surface area contributed by atoms with Crippen LogP contribution in [-0.4, -0.2) is 20.7 Å². The first-order valence-electron chi connectivity index (χ1n) is 6.68. The van der Waals surface area contributed by atoms with Gasteiger partial charge in [-0.15, -0.1) is 0 Å². The van der Waals surface area contributed by atoms with Crippen molar-refractivity contribution in [3.8, 4) is 5.82 Å². The van der Waals surface area contributed by atoms with Crippen molar-refractivity contribution in [3.05, 3.63) is 69.6 Å². The second-order valence-electron chi connectivity index (χ2n) is 4.74. The normalized spacial score (nSPS) is 10.5. The fraction of sp³-hybridized carbons (Fsp3) is 0.0625. The number of nitrogens with one attached hydrogen (secondary N) is 1. The predicted octanol–water partition coefficient (Wildman–Crippen LogP) is 3.43. The van der Waals surface area contributed by atoms with Gasteiger partial charge in [-0.25, -0.2) is 4.98 Å². The Labute approximate surface area is 141 Å². The number of carbonyl (C=O) groups is 1. The number of halogens is 1. The van der Waals surface area contributed by atoms with Gasteiger partial charge in [0.05, 0.1) is 5.69 Å². The molecule has 0 atom stereocenters. The van der Waals surface area contributed by atoms with E-state index in [1.54, 1.807) is 16.9 Å². The van der Waals surface area contributed by atoms with Crippen molar-refractivity contribution in [3.63, 3.8) is 0 Å². The Morgan fingerprint density at radius 2 is 2.05 bits per heavy atom. The van der Waals surface area contributed by atoms with Crippen LogP contribution in [0.25, 0.3) is 5.82 Å². The number of aryl methyl sites for hydroxylation is 1. The third-order valence-corrected chi connectivity index (χ3v) is 3.70. The van der Waals surface area contributed by atoms with Gasteiger partial charge >= 0.3 is 0 Å². The highest BCUT2D eigenvalue weighted by atomic mass is 127. The number of anilines is 1. The molecule has 110 valence electrons. The van der Waals surface area contributed by atoms with Crippen LogP contribution in [0.1, 0.15) is 16.1 Å². The van der Waals surface area contributed by atoms with Crippen LogP contribution >= 0.6 is 22.6 Å². The summed E-state index contributed by atoms with van der Waals surface area (Å²) in [6.07, 6.45) is 1.69. The molecule has 5 nitrogen and oxygen atoms in total. The summed E-state index contributed by atoms with van der Waals surface area (Å²) >= 11 is 2.18. The summed E-state index contributed by atoms with van der Waals surface area (Å²) in [5.74, 6) is 1.09. The highest BCUT2D eigenvalue weighted by Gasteiger charge is 2.13. The first-order chi connectivity index (χ1) is 10.6. The fourth-order valence-electron chi connectivity index (χ4n) is 2.06. The van der Waals surface area contributed by atoms with Crippen LogP contribution in [0.3, 0.4) is 0 Å². The highest BCUT2D eigenvalue weighted by molar-refractivity contribution is 14.1. The molecule has 0 radical (unpaired) electrons. The summed E-state index contributed by atoms with van der Waals surface area (Å²) in [5, 5.41) is 7.27. The van der Waals surface area contributed by atoms with E-state index in [0.717, 1.165) is 9.26 Å². The van der Waals surface area contributed by atoms with Crippen LogP contribution in [-0.2, 0) is 0 Å². The smallest absolute Gasteiger partial charge is 0.256 e. The van der Waals surface area contributed by atoms with Crippen LogP contribution < -0.4 is 5.32 Å². The zero-order valence-electron chi connectivity index (χ0n) is 11.8. The van der Waals surface area contributed by atoms with E-state index in [1.807, 2.05) is 49.4 Å². The molecule has 0 aliphatic rings. The lowest BCUT2D eigenvalue weighted by molar-refractivity contribution is 0.102. The van der Waals surface area contributed by atoms with Crippen LogP contribution in [0.5, 0.6) is 0 Å². The van der Waals surface area contributed by atoms with E-state index >= 15 is 0 Å². The van der Waals surface area contributed by atoms with Crippen LogP contribution in [0.15, 0.2) is 54.7 Å². The molecule has 0 aliphatic heterocycles. The SMILES string of the molecule is Cc1cc(NC(=O)c2cccc(I)c2)n(-c2ccccn2)n1. The molecule has 1 aromatic carbocycles. The summed E-state index contributed by atoms with van der Waals surface area (Å²) < 4.78 is 2.64. The molecule has 0 bridgehead atoms. The van der Waals surface area contributed by atoms with Gasteiger partial charge in [-0.3, -0.25) is 4.79 Å². The Hall–Kier alpha value is -2.22. The number of aromatic nitrogens is 3. The summed E-state index contributed by atoms with van der Waals surface area (Å²) in [5.41, 5.74) is 1.42. The minimum absolute atomic E-state index is 0.171. The molecule has 1 N–H and O–H groups in total. The molecule has 0 saturated carbocycles. The average molecular weight is 404 g/mol. The van der Waals surface area contributed by atoms with Crippen LogP contribution in [0.2, 0.25) is 0 Å². The maximum absolute atomic E-state index is 12.4. The van der Waals surface area contributed by atoms with Gasteiger partial charge < -0.3 is 5.32 Å². The van der Waals surface area contributed by atoms with Gasteiger partial charge in [0.2, 0.25) is 0 Å². The molecular formula is C16H13IN4O. The van der Waals surface area contributed by atoms with E-state index in [4.69, 9.17) is 0 Å². The van der Waals surface area contributed by atoms with Gasteiger partial charge in [0.1, 0.15) is 5.82 Å². The second-order valence-corrected chi connectivity index (χ2v) is 5.98. The van der Waals surface area contributed by atoms with E-state index in [9.17, 15) is 4.79 Å². The number of carbonyl (C=O) groups excluding carboxylic acids is 1. The number of pyridine rings is 1. The van der Waals surface area contributed by atoms with E-state index in [2.05, 4.69) is 38.0 Å². The van der Waals surface area contributed by atoms with Gasteiger partial charge in [-0.05, 0) is 59.8 Å². The molecule has 22 heavy (non-hydrogen) atoms. The maximum atomic E-state index is 12.4. The van der Waals surface area contributed by atoms with Crippen molar-refractivity contribution in [1.29, 1.82) is 0 Å². The molecule has 3 aromatic rings. The summed E-state index contributed by atoms with van der Waals surface area (Å²) in [6.45, 7) is 1.88.